The summed E-state index contributed by atoms with van der Waals surface area (Å²) >= 11 is 5.98. The van der Waals surface area contributed by atoms with E-state index in [4.69, 9.17) is 16.9 Å². The lowest BCUT2D eigenvalue weighted by atomic mass is 10.1. The fourth-order valence-corrected chi connectivity index (χ4v) is 1.76. The fourth-order valence-electron chi connectivity index (χ4n) is 1.59. The van der Waals surface area contributed by atoms with Gasteiger partial charge in [0.25, 0.3) is 0 Å². The first kappa shape index (κ1) is 10.7. The molecule has 0 atom stereocenters. The van der Waals surface area contributed by atoms with Gasteiger partial charge in [-0.2, -0.15) is 5.26 Å². The van der Waals surface area contributed by atoms with E-state index in [1.165, 1.54) is 0 Å². The summed E-state index contributed by atoms with van der Waals surface area (Å²) in [5.41, 5.74) is 2.38. The van der Waals surface area contributed by atoms with Crippen LogP contribution in [0.15, 0.2) is 24.3 Å². The van der Waals surface area contributed by atoms with E-state index in [1.54, 1.807) is 11.6 Å². The summed E-state index contributed by atoms with van der Waals surface area (Å²) in [7, 11) is 1.80. The van der Waals surface area contributed by atoms with E-state index >= 15 is 0 Å². The molecule has 2 aromatic rings. The SMILES string of the molecule is Cc1cccc(-c2nc(C#N)c(Cl)n2C)c1. The Kier molecular flexibility index (Phi) is 2.67. The normalized spacial score (nSPS) is 10.1. The van der Waals surface area contributed by atoms with Crippen LogP contribution in [-0.4, -0.2) is 9.55 Å². The second-order valence-electron chi connectivity index (χ2n) is 3.62. The van der Waals surface area contributed by atoms with Crippen molar-refractivity contribution in [2.24, 2.45) is 7.05 Å². The molecule has 0 N–H and O–H groups in total. The van der Waals surface area contributed by atoms with Crippen molar-refractivity contribution in [3.8, 4) is 17.5 Å². The third kappa shape index (κ3) is 1.68. The second-order valence-corrected chi connectivity index (χ2v) is 3.97. The maximum atomic E-state index is 8.85. The van der Waals surface area contributed by atoms with Gasteiger partial charge < -0.3 is 4.57 Å². The Balaban J connectivity index is 2.62. The number of rotatable bonds is 1. The lowest BCUT2D eigenvalue weighted by Crippen LogP contribution is -1.92. The molecule has 3 nitrogen and oxygen atoms in total. The van der Waals surface area contributed by atoms with Crippen LogP contribution >= 0.6 is 11.6 Å². The fraction of sp³-hybridized carbons (Fsp3) is 0.167. The topological polar surface area (TPSA) is 41.6 Å². The maximum Gasteiger partial charge on any atom is 0.178 e. The third-order valence-electron chi connectivity index (χ3n) is 2.41. The van der Waals surface area contributed by atoms with Crippen LogP contribution in [0.2, 0.25) is 5.15 Å². The number of hydrogen-bond acceptors (Lipinski definition) is 2. The van der Waals surface area contributed by atoms with Crippen molar-refractivity contribution in [2.45, 2.75) is 6.92 Å². The lowest BCUT2D eigenvalue weighted by molar-refractivity contribution is 0.925. The summed E-state index contributed by atoms with van der Waals surface area (Å²) in [5.74, 6) is 0.713. The van der Waals surface area contributed by atoms with E-state index in [0.717, 1.165) is 11.1 Å². The summed E-state index contributed by atoms with van der Waals surface area (Å²) in [5, 5.41) is 9.22. The first-order chi connectivity index (χ1) is 7.63. The largest absolute Gasteiger partial charge is 0.317 e. The Morgan fingerprint density at radius 2 is 2.19 bits per heavy atom. The van der Waals surface area contributed by atoms with Crippen LogP contribution in [0, 0.1) is 18.3 Å². The average molecular weight is 232 g/mol. The van der Waals surface area contributed by atoms with E-state index in [9.17, 15) is 0 Å². The van der Waals surface area contributed by atoms with Gasteiger partial charge in [0.1, 0.15) is 17.0 Å². The van der Waals surface area contributed by atoms with Crippen LogP contribution in [-0.2, 0) is 7.05 Å². The number of nitrogens with zero attached hydrogens (tertiary/aromatic N) is 3. The minimum atomic E-state index is 0.265. The van der Waals surface area contributed by atoms with Gasteiger partial charge in [-0.05, 0) is 13.0 Å². The third-order valence-corrected chi connectivity index (χ3v) is 2.84. The van der Waals surface area contributed by atoms with Crippen LogP contribution in [0.1, 0.15) is 11.3 Å². The average Bonchev–Trinajstić information content (AvgIpc) is 2.56. The van der Waals surface area contributed by atoms with Crippen LogP contribution in [0.3, 0.4) is 0 Å². The lowest BCUT2D eigenvalue weighted by Gasteiger charge is -2.02. The molecule has 2 rings (SSSR count). The van der Waals surface area contributed by atoms with Gasteiger partial charge >= 0.3 is 0 Å². The highest BCUT2D eigenvalue weighted by Gasteiger charge is 2.13. The summed E-state index contributed by atoms with van der Waals surface area (Å²) in [6, 6.07) is 9.91. The molecule has 0 aliphatic heterocycles. The van der Waals surface area contributed by atoms with Crippen molar-refractivity contribution in [2.75, 3.05) is 0 Å². The van der Waals surface area contributed by atoms with Crippen molar-refractivity contribution in [1.82, 2.24) is 9.55 Å². The standard InChI is InChI=1S/C12H10ClN3/c1-8-4-3-5-9(6-8)12-15-10(7-14)11(13)16(12)2/h3-6H,1-2H3. The van der Waals surface area contributed by atoms with Gasteiger partial charge in [0, 0.05) is 12.6 Å². The van der Waals surface area contributed by atoms with Crippen molar-refractivity contribution in [3.05, 3.63) is 40.7 Å². The molecule has 1 aromatic carbocycles. The van der Waals surface area contributed by atoms with Crippen LogP contribution in [0.4, 0.5) is 0 Å². The highest BCUT2D eigenvalue weighted by Crippen LogP contribution is 2.24. The van der Waals surface area contributed by atoms with Crippen LogP contribution < -0.4 is 0 Å². The molecule has 0 saturated heterocycles. The van der Waals surface area contributed by atoms with Gasteiger partial charge in [-0.1, -0.05) is 35.4 Å². The molecule has 80 valence electrons. The number of nitriles is 1. The molecule has 0 radical (unpaired) electrons. The zero-order valence-corrected chi connectivity index (χ0v) is 9.78. The Labute approximate surface area is 98.9 Å². The Morgan fingerprint density at radius 1 is 1.44 bits per heavy atom. The zero-order chi connectivity index (χ0) is 11.7. The van der Waals surface area contributed by atoms with Gasteiger partial charge in [0.05, 0.1) is 0 Å². The van der Waals surface area contributed by atoms with Crippen molar-refractivity contribution >= 4 is 11.6 Å². The molecule has 1 heterocycles. The van der Waals surface area contributed by atoms with Gasteiger partial charge in [0.15, 0.2) is 5.69 Å². The number of aromatic nitrogens is 2. The molecule has 1 aromatic heterocycles. The summed E-state index contributed by atoms with van der Waals surface area (Å²) in [6.07, 6.45) is 0. The van der Waals surface area contributed by atoms with E-state index < -0.39 is 0 Å². The molecule has 16 heavy (non-hydrogen) atoms. The maximum absolute atomic E-state index is 8.85. The molecule has 0 aliphatic rings. The second kappa shape index (κ2) is 3.99. The molecule has 0 aliphatic carbocycles. The number of benzene rings is 1. The molecule has 0 unspecified atom stereocenters. The predicted molar refractivity (Wildman–Crippen MR) is 63.1 cm³/mol. The number of aryl methyl sites for hydroxylation is 1. The highest BCUT2D eigenvalue weighted by atomic mass is 35.5. The van der Waals surface area contributed by atoms with Gasteiger partial charge in [-0.25, -0.2) is 4.98 Å². The van der Waals surface area contributed by atoms with Crippen molar-refractivity contribution in [3.63, 3.8) is 0 Å². The molecular weight excluding hydrogens is 222 g/mol. The molecule has 0 fully saturated rings. The molecule has 4 heteroatoms. The highest BCUT2D eigenvalue weighted by molar-refractivity contribution is 6.30. The van der Waals surface area contributed by atoms with E-state index in [2.05, 4.69) is 4.98 Å². The minimum Gasteiger partial charge on any atom is -0.317 e. The number of imidazole rings is 1. The van der Waals surface area contributed by atoms with Gasteiger partial charge in [0.2, 0.25) is 0 Å². The number of halogens is 1. The molecule has 0 saturated carbocycles. The number of hydrogen-bond donors (Lipinski definition) is 0. The molecule has 0 bridgehead atoms. The minimum absolute atomic E-state index is 0.265. The van der Waals surface area contributed by atoms with Crippen LogP contribution in [0.5, 0.6) is 0 Å². The van der Waals surface area contributed by atoms with E-state index in [0.29, 0.717) is 11.0 Å². The zero-order valence-electron chi connectivity index (χ0n) is 9.03. The molecule has 0 spiro atoms. The van der Waals surface area contributed by atoms with E-state index in [1.807, 2.05) is 37.3 Å². The summed E-state index contributed by atoms with van der Waals surface area (Å²) in [4.78, 5) is 4.21. The van der Waals surface area contributed by atoms with E-state index in [-0.39, 0.29) is 5.69 Å². The molecule has 0 amide bonds. The van der Waals surface area contributed by atoms with Crippen LogP contribution in [0.25, 0.3) is 11.4 Å². The van der Waals surface area contributed by atoms with Crippen molar-refractivity contribution < 1.29 is 0 Å². The molecular formula is C12H10ClN3. The van der Waals surface area contributed by atoms with Crippen molar-refractivity contribution in [1.29, 1.82) is 5.26 Å². The summed E-state index contributed by atoms with van der Waals surface area (Å²) in [6.45, 7) is 2.01. The summed E-state index contributed by atoms with van der Waals surface area (Å²) < 4.78 is 1.72. The first-order valence-electron chi connectivity index (χ1n) is 4.83. The smallest absolute Gasteiger partial charge is 0.178 e. The first-order valence-corrected chi connectivity index (χ1v) is 5.20. The quantitative estimate of drug-likeness (QED) is 0.757. The Morgan fingerprint density at radius 3 is 2.75 bits per heavy atom. The predicted octanol–water partition coefficient (Wildman–Crippen LogP) is 2.92. The Hall–Kier alpha value is -1.79. The van der Waals surface area contributed by atoms with Gasteiger partial charge in [-0.15, -0.1) is 0 Å². The van der Waals surface area contributed by atoms with Gasteiger partial charge in [-0.3, -0.25) is 0 Å². The monoisotopic (exact) mass is 231 g/mol. The Bertz CT molecular complexity index is 578.